The third-order valence-electron chi connectivity index (χ3n) is 3.40. The number of carbonyl (C=O) groups is 4. The smallest absolute Gasteiger partial charge is 0.333 e. The highest BCUT2D eigenvalue weighted by Gasteiger charge is 2.03. The Balaban J connectivity index is -0.000000665. The predicted molar refractivity (Wildman–Crippen MR) is 139 cm³/mol. The normalized spacial score (nSPS) is 9.39. The number of carboxylic acid groups (broad SMARTS) is 1. The molecule has 0 aromatic rings. The minimum atomic E-state index is -0.935. The number of carbonyl (C=O) groups excluding carboxylic acids is 3. The zero-order chi connectivity index (χ0) is 29.9. The fourth-order valence-corrected chi connectivity index (χ4v) is 1.44. The summed E-state index contributed by atoms with van der Waals surface area (Å²) < 4.78 is 29.9. The van der Waals surface area contributed by atoms with Gasteiger partial charge >= 0.3 is 23.9 Å². The average molecular weight is 547 g/mol. The van der Waals surface area contributed by atoms with E-state index < -0.39 is 23.9 Å². The molecule has 0 aliphatic carbocycles. The lowest BCUT2D eigenvalue weighted by Gasteiger charge is -2.08. The number of carboxylic acids is 1. The summed E-state index contributed by atoms with van der Waals surface area (Å²) in [4.78, 5) is 42.2. The van der Waals surface area contributed by atoms with Crippen molar-refractivity contribution in [1.29, 1.82) is 0 Å². The molecule has 38 heavy (non-hydrogen) atoms. The fraction of sp³-hybridized carbons (Fsp3) is 0.538. The lowest BCUT2D eigenvalue weighted by molar-refractivity contribution is -0.141. The van der Waals surface area contributed by atoms with Crippen LogP contribution in [-0.2, 0) is 47.6 Å². The van der Waals surface area contributed by atoms with Gasteiger partial charge in [-0.2, -0.15) is 0 Å². The van der Waals surface area contributed by atoms with Gasteiger partial charge < -0.3 is 38.6 Å². The van der Waals surface area contributed by atoms with Crippen molar-refractivity contribution in [1.82, 2.24) is 0 Å². The van der Waals surface area contributed by atoms with E-state index in [4.69, 9.17) is 33.9 Å². The van der Waals surface area contributed by atoms with Gasteiger partial charge in [-0.05, 0) is 27.7 Å². The van der Waals surface area contributed by atoms with Crippen LogP contribution in [-0.4, -0.2) is 100 Å². The molecule has 0 saturated carbocycles. The first kappa shape index (κ1) is 39.2. The van der Waals surface area contributed by atoms with E-state index in [0.717, 1.165) is 0 Å². The summed E-state index contributed by atoms with van der Waals surface area (Å²) in [7, 11) is 0. The van der Waals surface area contributed by atoms with Crippen LogP contribution in [0.15, 0.2) is 48.6 Å². The average Bonchev–Trinajstić information content (AvgIpc) is 2.85. The van der Waals surface area contributed by atoms with Crippen LogP contribution in [0.25, 0.3) is 0 Å². The Kier molecular flexibility index (Phi) is 27.6. The van der Waals surface area contributed by atoms with Gasteiger partial charge in [0, 0.05) is 22.3 Å². The molecule has 0 spiro atoms. The van der Waals surface area contributed by atoms with Crippen LogP contribution in [0.4, 0.5) is 0 Å². The first-order chi connectivity index (χ1) is 17.8. The lowest BCUT2D eigenvalue weighted by atomic mass is 10.4. The monoisotopic (exact) mass is 546 g/mol. The molecule has 0 heterocycles. The summed E-state index contributed by atoms with van der Waals surface area (Å²) in [6.45, 7) is 22.2. The summed E-state index contributed by atoms with van der Waals surface area (Å²) in [6, 6.07) is 0. The van der Waals surface area contributed by atoms with E-state index in [-0.39, 0.29) is 32.0 Å². The van der Waals surface area contributed by atoms with Crippen LogP contribution in [0.3, 0.4) is 0 Å². The predicted octanol–water partition coefficient (Wildman–Crippen LogP) is 2.02. The summed E-state index contributed by atoms with van der Waals surface area (Å²) in [5, 5.41) is 16.1. The maximum Gasteiger partial charge on any atom is 0.333 e. The van der Waals surface area contributed by atoms with Gasteiger partial charge in [-0.1, -0.05) is 26.3 Å². The standard InChI is InChI=1S/C16H26O7.C6H10O3.C4H6O2/c1-13(2)15(17)22-11-9-20-7-5-19-6-8-21-10-12-23-16(18)14(3)4;1-5(2)6(8)9-4-3-7;1-3(2)4(5)6/h1,3,5-12H2,2,4H3;7H,1,3-4H2,2H3;1H2,2H3,(H,5,6). The van der Waals surface area contributed by atoms with Crippen molar-refractivity contribution in [3.8, 4) is 0 Å². The van der Waals surface area contributed by atoms with Gasteiger partial charge in [-0.15, -0.1) is 0 Å². The maximum atomic E-state index is 11.0. The first-order valence-corrected chi connectivity index (χ1v) is 11.5. The minimum Gasteiger partial charge on any atom is -0.478 e. The van der Waals surface area contributed by atoms with Gasteiger partial charge in [0.15, 0.2) is 0 Å². The van der Waals surface area contributed by atoms with Crippen molar-refractivity contribution in [3.05, 3.63) is 48.6 Å². The Labute approximate surface area is 224 Å². The second kappa shape index (κ2) is 26.7. The van der Waals surface area contributed by atoms with Crippen LogP contribution in [0, 0.1) is 0 Å². The Morgan fingerprint density at radius 1 is 0.500 bits per heavy atom. The number of aliphatic hydroxyl groups is 1. The Morgan fingerprint density at radius 3 is 0.947 bits per heavy atom. The molecule has 12 heteroatoms. The molecule has 0 saturated heterocycles. The highest BCUT2D eigenvalue weighted by atomic mass is 16.6. The molecule has 0 fully saturated rings. The van der Waals surface area contributed by atoms with Gasteiger partial charge in [-0.25, -0.2) is 19.2 Å². The minimum absolute atomic E-state index is 0.0473. The van der Waals surface area contributed by atoms with Gasteiger partial charge in [-0.3, -0.25) is 0 Å². The summed E-state index contributed by atoms with van der Waals surface area (Å²) in [6.07, 6.45) is 0. The SMILES string of the molecule is C=C(C)C(=O)O.C=C(C)C(=O)OCCO.C=C(C)C(=O)OCCOCCOCCOCCOC(=O)C(=C)C. The highest BCUT2D eigenvalue weighted by Crippen LogP contribution is 1.93. The number of ether oxygens (including phenoxy) is 6. The van der Waals surface area contributed by atoms with Gasteiger partial charge in [0.05, 0.1) is 46.2 Å². The van der Waals surface area contributed by atoms with Crippen LogP contribution in [0.1, 0.15) is 27.7 Å². The molecular weight excluding hydrogens is 504 g/mol. The van der Waals surface area contributed by atoms with Crippen molar-refractivity contribution in [2.24, 2.45) is 0 Å². The molecule has 0 rings (SSSR count). The number of rotatable bonds is 18. The third kappa shape index (κ3) is 30.7. The molecule has 0 aliphatic heterocycles. The Morgan fingerprint density at radius 2 is 0.737 bits per heavy atom. The summed E-state index contributed by atoms with van der Waals surface area (Å²) in [5.74, 6) is -2.23. The van der Waals surface area contributed by atoms with Gasteiger partial charge in [0.1, 0.15) is 19.8 Å². The molecule has 0 amide bonds. The molecule has 0 aliphatic rings. The van der Waals surface area contributed by atoms with E-state index in [1.165, 1.54) is 6.92 Å². The number of hydrogen-bond acceptors (Lipinski definition) is 11. The Hall–Kier alpha value is -3.32. The molecule has 0 aromatic carbocycles. The summed E-state index contributed by atoms with van der Waals surface area (Å²) in [5.41, 5.74) is 1.25. The molecule has 0 atom stereocenters. The van der Waals surface area contributed by atoms with Crippen LogP contribution >= 0.6 is 0 Å². The van der Waals surface area contributed by atoms with Crippen molar-refractivity contribution in [2.45, 2.75) is 27.7 Å². The topological polar surface area (TPSA) is 164 Å². The summed E-state index contributed by atoms with van der Waals surface area (Å²) >= 11 is 0. The zero-order valence-electron chi connectivity index (χ0n) is 22.9. The molecule has 0 unspecified atom stereocenters. The first-order valence-electron chi connectivity index (χ1n) is 11.5. The molecule has 218 valence electrons. The molecule has 2 N–H and O–H groups in total. The Bertz CT molecular complexity index is 722. The largest absolute Gasteiger partial charge is 0.478 e. The van der Waals surface area contributed by atoms with Crippen LogP contribution in [0.5, 0.6) is 0 Å². The van der Waals surface area contributed by atoms with Crippen molar-refractivity contribution >= 4 is 23.9 Å². The van der Waals surface area contributed by atoms with Crippen molar-refractivity contribution in [2.75, 3.05) is 66.1 Å². The van der Waals surface area contributed by atoms with Gasteiger partial charge in [0.25, 0.3) is 0 Å². The molecule has 0 aromatic heterocycles. The molecular formula is C26H42O12. The number of hydrogen-bond donors (Lipinski definition) is 2. The highest BCUT2D eigenvalue weighted by molar-refractivity contribution is 5.87. The number of aliphatic carboxylic acids is 1. The fourth-order valence-electron chi connectivity index (χ4n) is 1.44. The second-order valence-electron chi connectivity index (χ2n) is 7.39. The second-order valence-corrected chi connectivity index (χ2v) is 7.39. The van der Waals surface area contributed by atoms with E-state index in [1.54, 1.807) is 20.8 Å². The van der Waals surface area contributed by atoms with E-state index in [2.05, 4.69) is 31.1 Å². The van der Waals surface area contributed by atoms with Crippen molar-refractivity contribution in [3.63, 3.8) is 0 Å². The van der Waals surface area contributed by atoms with E-state index in [1.807, 2.05) is 0 Å². The van der Waals surface area contributed by atoms with Gasteiger partial charge in [0.2, 0.25) is 0 Å². The van der Waals surface area contributed by atoms with Crippen molar-refractivity contribution < 1.29 is 57.8 Å². The van der Waals surface area contributed by atoms with E-state index in [9.17, 15) is 19.2 Å². The lowest BCUT2D eigenvalue weighted by Crippen LogP contribution is -2.15. The van der Waals surface area contributed by atoms with Crippen LogP contribution < -0.4 is 0 Å². The van der Waals surface area contributed by atoms with E-state index >= 15 is 0 Å². The molecule has 0 bridgehead atoms. The zero-order valence-corrected chi connectivity index (χ0v) is 22.9. The molecule has 12 nitrogen and oxygen atoms in total. The maximum absolute atomic E-state index is 11.0. The molecule has 0 radical (unpaired) electrons. The number of aliphatic hydroxyl groups excluding tert-OH is 1. The van der Waals surface area contributed by atoms with E-state index in [0.29, 0.717) is 56.4 Å². The quantitative estimate of drug-likeness (QED) is 0.111. The third-order valence-corrected chi connectivity index (χ3v) is 3.40. The number of esters is 3. The van der Waals surface area contributed by atoms with Crippen LogP contribution in [0.2, 0.25) is 0 Å².